The van der Waals surface area contributed by atoms with Crippen molar-refractivity contribution in [2.24, 2.45) is 0 Å². The molecule has 5 amide bonds. The summed E-state index contributed by atoms with van der Waals surface area (Å²) in [6.45, 7) is 5.14. The number of hydrogen-bond donors (Lipinski definition) is 1. The molecule has 7 heteroatoms. The first-order valence-electron chi connectivity index (χ1n) is 7.92. The lowest BCUT2D eigenvalue weighted by Gasteiger charge is -2.20. The Bertz CT molecular complexity index is 669. The van der Waals surface area contributed by atoms with E-state index in [1.54, 1.807) is 6.92 Å². The van der Waals surface area contributed by atoms with Crippen molar-refractivity contribution in [2.75, 3.05) is 13.1 Å². The van der Waals surface area contributed by atoms with E-state index in [2.05, 4.69) is 5.32 Å². The third-order valence-corrected chi connectivity index (χ3v) is 3.98. The molecule has 128 valence electrons. The second-order valence-corrected chi connectivity index (χ2v) is 5.66. The molecule has 1 aromatic carbocycles. The van der Waals surface area contributed by atoms with Crippen molar-refractivity contribution in [3.05, 3.63) is 35.4 Å². The van der Waals surface area contributed by atoms with E-state index in [9.17, 15) is 19.2 Å². The Labute approximate surface area is 140 Å². The van der Waals surface area contributed by atoms with Crippen molar-refractivity contribution < 1.29 is 19.2 Å². The predicted molar refractivity (Wildman–Crippen MR) is 86.8 cm³/mol. The van der Waals surface area contributed by atoms with Crippen molar-refractivity contribution in [1.29, 1.82) is 0 Å². The van der Waals surface area contributed by atoms with Gasteiger partial charge in [0, 0.05) is 6.54 Å². The number of hydrogen-bond acceptors (Lipinski definition) is 4. The Morgan fingerprint density at radius 2 is 1.62 bits per heavy atom. The van der Waals surface area contributed by atoms with Crippen molar-refractivity contribution in [3.8, 4) is 0 Å². The highest BCUT2D eigenvalue weighted by molar-refractivity contribution is 6.45. The van der Waals surface area contributed by atoms with Gasteiger partial charge >= 0.3 is 17.8 Å². The molecule has 0 saturated carbocycles. The molecule has 0 aromatic heterocycles. The monoisotopic (exact) mass is 331 g/mol. The minimum Gasteiger partial charge on any atom is -0.348 e. The number of nitrogens with one attached hydrogen (secondary N) is 1. The van der Waals surface area contributed by atoms with Gasteiger partial charge in [-0.05, 0) is 25.8 Å². The molecule has 0 spiro atoms. The maximum Gasteiger partial charge on any atom is 0.334 e. The number of carbonyl (C=O) groups excluding carboxylic acids is 4. The summed E-state index contributed by atoms with van der Waals surface area (Å²) in [5.74, 6) is -2.32. The molecule has 0 aliphatic carbocycles. The summed E-state index contributed by atoms with van der Waals surface area (Å²) in [5.41, 5.74) is 2.06. The molecule has 1 aliphatic rings. The lowest BCUT2D eigenvalue weighted by molar-refractivity contribution is -0.144. The summed E-state index contributed by atoms with van der Waals surface area (Å²) in [6, 6.07) is 6.80. The fourth-order valence-corrected chi connectivity index (χ4v) is 2.57. The summed E-state index contributed by atoms with van der Waals surface area (Å²) in [4.78, 5) is 49.2. The number of imide groups is 2. The summed E-state index contributed by atoms with van der Waals surface area (Å²) in [7, 11) is 0. The van der Waals surface area contributed by atoms with Gasteiger partial charge in [-0.2, -0.15) is 0 Å². The first kappa shape index (κ1) is 17.7. The zero-order valence-electron chi connectivity index (χ0n) is 14.0. The predicted octanol–water partition coefficient (Wildman–Crippen LogP) is 1.37. The normalized spacial score (nSPS) is 15.9. The lowest BCUT2D eigenvalue weighted by Crippen LogP contribution is -2.42. The molecule has 1 heterocycles. The van der Waals surface area contributed by atoms with E-state index < -0.39 is 30.3 Å². The molecule has 0 bridgehead atoms. The summed E-state index contributed by atoms with van der Waals surface area (Å²) in [5, 5.41) is 2.80. The second kappa shape index (κ2) is 7.25. The number of benzene rings is 1. The number of urea groups is 1. The average Bonchev–Trinajstić information content (AvgIpc) is 2.77. The Kier molecular flexibility index (Phi) is 5.33. The van der Waals surface area contributed by atoms with Gasteiger partial charge in [-0.1, -0.05) is 36.8 Å². The van der Waals surface area contributed by atoms with Gasteiger partial charge in [0.15, 0.2) is 0 Å². The SMILES string of the molecule is CC[C@@H](NC(=O)CN1C(=O)C(=O)N(CC)C1=O)c1ccc(C)cc1. The summed E-state index contributed by atoms with van der Waals surface area (Å²) in [6.07, 6.45) is 0.663. The molecule has 0 unspecified atom stereocenters. The third kappa shape index (κ3) is 3.45. The first-order valence-corrected chi connectivity index (χ1v) is 7.92. The molecule has 1 aliphatic heterocycles. The molecular formula is C17H21N3O4. The van der Waals surface area contributed by atoms with E-state index >= 15 is 0 Å². The van der Waals surface area contributed by atoms with Gasteiger partial charge in [0.25, 0.3) is 0 Å². The quantitative estimate of drug-likeness (QED) is 0.630. The van der Waals surface area contributed by atoms with E-state index in [-0.39, 0.29) is 12.6 Å². The van der Waals surface area contributed by atoms with Crippen LogP contribution in [-0.4, -0.2) is 46.6 Å². The highest BCUT2D eigenvalue weighted by Gasteiger charge is 2.44. The number of likely N-dealkylation sites (N-methyl/N-ethyl adjacent to an activating group) is 1. The number of amides is 5. The van der Waals surface area contributed by atoms with E-state index in [0.29, 0.717) is 11.3 Å². The maximum atomic E-state index is 12.2. The van der Waals surface area contributed by atoms with Crippen molar-refractivity contribution in [1.82, 2.24) is 15.1 Å². The summed E-state index contributed by atoms with van der Waals surface area (Å²) < 4.78 is 0. The molecule has 24 heavy (non-hydrogen) atoms. The van der Waals surface area contributed by atoms with Crippen molar-refractivity contribution in [2.45, 2.75) is 33.2 Å². The van der Waals surface area contributed by atoms with Crippen LogP contribution in [0.1, 0.15) is 37.4 Å². The molecule has 1 aromatic rings. The van der Waals surface area contributed by atoms with Crippen LogP contribution >= 0.6 is 0 Å². The molecule has 1 atom stereocenters. The highest BCUT2D eigenvalue weighted by atomic mass is 16.2. The Balaban J connectivity index is 2.04. The smallest absolute Gasteiger partial charge is 0.334 e. The Hall–Kier alpha value is -2.70. The number of aryl methyl sites for hydroxylation is 1. The zero-order chi connectivity index (χ0) is 17.9. The third-order valence-electron chi connectivity index (χ3n) is 3.98. The fraction of sp³-hybridized carbons (Fsp3) is 0.412. The van der Waals surface area contributed by atoms with Crippen LogP contribution in [0, 0.1) is 6.92 Å². The van der Waals surface area contributed by atoms with Crippen LogP contribution in [0.25, 0.3) is 0 Å². The van der Waals surface area contributed by atoms with Gasteiger partial charge in [-0.3, -0.25) is 19.3 Å². The maximum absolute atomic E-state index is 12.2. The van der Waals surface area contributed by atoms with Crippen LogP contribution < -0.4 is 5.32 Å². The van der Waals surface area contributed by atoms with Crippen LogP contribution in [0.5, 0.6) is 0 Å². The highest BCUT2D eigenvalue weighted by Crippen LogP contribution is 2.17. The van der Waals surface area contributed by atoms with Gasteiger partial charge in [0.1, 0.15) is 6.54 Å². The van der Waals surface area contributed by atoms with Gasteiger partial charge in [-0.15, -0.1) is 0 Å². The average molecular weight is 331 g/mol. The van der Waals surface area contributed by atoms with E-state index in [4.69, 9.17) is 0 Å². The molecule has 7 nitrogen and oxygen atoms in total. The Morgan fingerprint density at radius 3 is 2.12 bits per heavy atom. The fourth-order valence-electron chi connectivity index (χ4n) is 2.57. The molecular weight excluding hydrogens is 310 g/mol. The molecule has 1 fully saturated rings. The molecule has 1 N–H and O–H groups in total. The van der Waals surface area contributed by atoms with Gasteiger partial charge in [0.2, 0.25) is 5.91 Å². The van der Waals surface area contributed by atoms with Gasteiger partial charge < -0.3 is 5.32 Å². The van der Waals surface area contributed by atoms with E-state index in [1.807, 2.05) is 38.1 Å². The van der Waals surface area contributed by atoms with Crippen LogP contribution in [0.2, 0.25) is 0 Å². The van der Waals surface area contributed by atoms with Gasteiger partial charge in [-0.25, -0.2) is 9.69 Å². The summed E-state index contributed by atoms with van der Waals surface area (Å²) >= 11 is 0. The zero-order valence-corrected chi connectivity index (χ0v) is 14.0. The minimum atomic E-state index is -0.958. The van der Waals surface area contributed by atoms with E-state index in [0.717, 1.165) is 16.0 Å². The lowest BCUT2D eigenvalue weighted by atomic mass is 10.0. The van der Waals surface area contributed by atoms with Crippen LogP contribution in [-0.2, 0) is 14.4 Å². The number of carbonyl (C=O) groups is 4. The minimum absolute atomic E-state index is 0.0997. The van der Waals surface area contributed by atoms with Crippen molar-refractivity contribution in [3.63, 3.8) is 0 Å². The van der Waals surface area contributed by atoms with Gasteiger partial charge in [0.05, 0.1) is 6.04 Å². The van der Waals surface area contributed by atoms with Crippen LogP contribution in [0.4, 0.5) is 4.79 Å². The first-order chi connectivity index (χ1) is 11.4. The standard InChI is InChI=1S/C17H21N3O4/c1-4-13(12-8-6-11(3)7-9-12)18-14(21)10-20-16(23)15(22)19(5-2)17(20)24/h6-9,13H,4-5,10H2,1-3H3,(H,18,21)/t13-/m1/s1. The van der Waals surface area contributed by atoms with Crippen LogP contribution in [0.3, 0.4) is 0 Å². The van der Waals surface area contributed by atoms with E-state index in [1.165, 1.54) is 0 Å². The molecule has 2 rings (SSSR count). The largest absolute Gasteiger partial charge is 0.348 e. The Morgan fingerprint density at radius 1 is 1.04 bits per heavy atom. The molecule has 0 radical (unpaired) electrons. The molecule has 1 saturated heterocycles. The van der Waals surface area contributed by atoms with Crippen molar-refractivity contribution >= 4 is 23.8 Å². The topological polar surface area (TPSA) is 86.8 Å². The van der Waals surface area contributed by atoms with Crippen LogP contribution in [0.15, 0.2) is 24.3 Å². The number of nitrogens with zero attached hydrogens (tertiary/aromatic N) is 2. The number of rotatable bonds is 6. The second-order valence-electron chi connectivity index (χ2n) is 5.66.